The smallest absolute Gasteiger partial charge is 0.339 e. The number of hydrogen-bond donors (Lipinski definition) is 2. The highest BCUT2D eigenvalue weighted by molar-refractivity contribution is 6.34. The number of nitrogens with one attached hydrogen (secondary N) is 2. The van der Waals surface area contributed by atoms with Crippen molar-refractivity contribution >= 4 is 23.5 Å². The number of esters is 1. The molecule has 1 saturated carbocycles. The number of halogens is 1. The van der Waals surface area contributed by atoms with Gasteiger partial charge < -0.3 is 15.4 Å². The number of carbonyl (C=O) groups is 2. The Morgan fingerprint density at radius 1 is 1.33 bits per heavy atom. The predicted octanol–water partition coefficient (Wildman–Crippen LogP) is 2.00. The molecule has 0 aliphatic heterocycles. The third kappa shape index (κ3) is 4.63. The van der Waals surface area contributed by atoms with E-state index >= 15 is 0 Å². The minimum atomic E-state index is -0.636. The van der Waals surface area contributed by atoms with Gasteiger partial charge in [0.25, 0.3) is 0 Å². The first-order chi connectivity index (χ1) is 9.71. The van der Waals surface area contributed by atoms with Crippen LogP contribution in [-0.2, 0) is 14.3 Å². The number of likely N-dealkylation sites (N-methyl/N-ethyl adjacent to an activating group) is 1. The van der Waals surface area contributed by atoms with Gasteiger partial charge in [0, 0.05) is 17.8 Å². The molecule has 0 saturated heterocycles. The van der Waals surface area contributed by atoms with Gasteiger partial charge in [0.2, 0.25) is 5.91 Å². The molecule has 0 heterocycles. The van der Waals surface area contributed by atoms with Crippen LogP contribution in [-0.4, -0.2) is 30.6 Å². The van der Waals surface area contributed by atoms with E-state index in [4.69, 9.17) is 16.3 Å². The van der Waals surface area contributed by atoms with Gasteiger partial charge in [-0.2, -0.15) is 0 Å². The number of carbonyl (C=O) groups excluding carboxylic acids is 2. The average Bonchev–Trinajstić information content (AvgIpc) is 3.14. The van der Waals surface area contributed by atoms with Crippen molar-refractivity contribution < 1.29 is 14.3 Å². The van der Waals surface area contributed by atoms with Crippen LogP contribution in [0, 0.1) is 0 Å². The van der Waals surface area contributed by atoms with Gasteiger partial charge in [0.1, 0.15) is 5.54 Å². The monoisotopic (exact) mass is 312 g/mol. The Morgan fingerprint density at radius 2 is 1.90 bits per heavy atom. The average molecular weight is 313 g/mol. The molecule has 0 spiro atoms. The molecule has 1 aliphatic rings. The summed E-state index contributed by atoms with van der Waals surface area (Å²) >= 11 is 5.83. The number of hydrogen-bond acceptors (Lipinski definition) is 4. The summed E-state index contributed by atoms with van der Waals surface area (Å²) < 4.78 is 5.09. The molecule has 1 amide bonds. The standard InChI is InChI=1S/C15H21ClN2O3/c1-9(2)21-13(19)12(11(4)16)8-10(3)18-15(6-7-15)14(20)17-5/h8-9,18H,3-4,6-7H2,1-2,5H3,(H,17,20)/b12-8+. The Bertz CT molecular complexity index is 505. The van der Waals surface area contributed by atoms with Crippen molar-refractivity contribution in [3.63, 3.8) is 0 Å². The fraction of sp³-hybridized carbons (Fsp3) is 0.467. The van der Waals surface area contributed by atoms with E-state index in [-0.39, 0.29) is 22.6 Å². The summed E-state index contributed by atoms with van der Waals surface area (Å²) in [7, 11) is 1.58. The van der Waals surface area contributed by atoms with E-state index in [1.165, 1.54) is 6.08 Å². The molecule has 21 heavy (non-hydrogen) atoms. The molecule has 1 rings (SSSR count). The number of rotatable bonds is 7. The van der Waals surface area contributed by atoms with Crippen molar-refractivity contribution in [2.24, 2.45) is 0 Å². The summed E-state index contributed by atoms with van der Waals surface area (Å²) in [6, 6.07) is 0. The van der Waals surface area contributed by atoms with Crippen molar-refractivity contribution in [3.8, 4) is 0 Å². The Kier molecular flexibility index (Phi) is 5.61. The molecule has 116 valence electrons. The minimum Gasteiger partial charge on any atom is -0.459 e. The van der Waals surface area contributed by atoms with E-state index in [9.17, 15) is 9.59 Å². The first-order valence-corrected chi connectivity index (χ1v) is 7.06. The molecular formula is C15H21ClN2O3. The van der Waals surface area contributed by atoms with Crippen LogP contribution in [0.3, 0.4) is 0 Å². The second-order valence-electron chi connectivity index (χ2n) is 5.23. The van der Waals surface area contributed by atoms with Crippen LogP contribution >= 0.6 is 11.6 Å². The van der Waals surface area contributed by atoms with Gasteiger partial charge in [-0.3, -0.25) is 4.79 Å². The molecule has 0 bridgehead atoms. The highest BCUT2D eigenvalue weighted by Gasteiger charge is 2.49. The van der Waals surface area contributed by atoms with Crippen LogP contribution in [0.4, 0.5) is 0 Å². The van der Waals surface area contributed by atoms with Crippen LogP contribution in [0.25, 0.3) is 0 Å². The molecule has 2 N–H and O–H groups in total. The lowest BCUT2D eigenvalue weighted by atomic mass is 10.2. The second-order valence-corrected chi connectivity index (χ2v) is 5.68. The lowest BCUT2D eigenvalue weighted by Crippen LogP contribution is -2.44. The van der Waals surface area contributed by atoms with Gasteiger partial charge in [-0.05, 0) is 32.8 Å². The van der Waals surface area contributed by atoms with Crippen LogP contribution < -0.4 is 10.6 Å². The van der Waals surface area contributed by atoms with E-state index in [0.29, 0.717) is 18.5 Å². The third-order valence-corrected chi connectivity index (χ3v) is 3.19. The quantitative estimate of drug-likeness (QED) is 0.429. The van der Waals surface area contributed by atoms with E-state index in [0.717, 1.165) is 0 Å². The van der Waals surface area contributed by atoms with Gasteiger partial charge in [-0.15, -0.1) is 0 Å². The molecule has 1 fully saturated rings. The Hall–Kier alpha value is -1.75. The molecular weight excluding hydrogens is 292 g/mol. The van der Waals surface area contributed by atoms with Crippen LogP contribution in [0.1, 0.15) is 26.7 Å². The van der Waals surface area contributed by atoms with Crippen LogP contribution in [0.15, 0.2) is 35.5 Å². The summed E-state index contributed by atoms with van der Waals surface area (Å²) in [6.45, 7) is 10.8. The zero-order chi connectivity index (χ0) is 16.2. The van der Waals surface area contributed by atoms with Gasteiger partial charge in [-0.25, -0.2) is 4.79 Å². The molecule has 0 aromatic rings. The molecule has 0 unspecified atom stereocenters. The molecule has 0 aromatic carbocycles. The highest BCUT2D eigenvalue weighted by Crippen LogP contribution is 2.36. The van der Waals surface area contributed by atoms with Crippen molar-refractivity contribution in [1.29, 1.82) is 0 Å². The van der Waals surface area contributed by atoms with E-state index in [2.05, 4.69) is 23.8 Å². The predicted molar refractivity (Wildman–Crippen MR) is 82.6 cm³/mol. The second kappa shape index (κ2) is 6.80. The van der Waals surface area contributed by atoms with Gasteiger partial charge >= 0.3 is 5.97 Å². The maximum Gasteiger partial charge on any atom is 0.339 e. The first-order valence-electron chi connectivity index (χ1n) is 6.68. The van der Waals surface area contributed by atoms with Gasteiger partial charge in [-0.1, -0.05) is 24.8 Å². The van der Waals surface area contributed by atoms with E-state index in [1.807, 2.05) is 0 Å². The molecule has 5 nitrogen and oxygen atoms in total. The molecule has 0 radical (unpaired) electrons. The largest absolute Gasteiger partial charge is 0.459 e. The normalized spacial score (nSPS) is 16.1. The van der Waals surface area contributed by atoms with Gasteiger partial charge in [0.05, 0.1) is 11.7 Å². The highest BCUT2D eigenvalue weighted by atomic mass is 35.5. The van der Waals surface area contributed by atoms with Crippen LogP contribution in [0.2, 0.25) is 0 Å². The zero-order valence-electron chi connectivity index (χ0n) is 12.6. The Balaban J connectivity index is 2.82. The maximum absolute atomic E-state index is 11.9. The number of allylic oxidation sites excluding steroid dienone is 1. The fourth-order valence-electron chi connectivity index (χ4n) is 1.82. The molecule has 6 heteroatoms. The first kappa shape index (κ1) is 17.3. The summed E-state index contributed by atoms with van der Waals surface area (Å²) in [5.74, 6) is -0.675. The topological polar surface area (TPSA) is 67.4 Å². The van der Waals surface area contributed by atoms with Gasteiger partial charge in [0.15, 0.2) is 0 Å². The summed E-state index contributed by atoms with van der Waals surface area (Å²) in [5, 5.41) is 5.68. The lowest BCUT2D eigenvalue weighted by molar-refractivity contribution is -0.142. The summed E-state index contributed by atoms with van der Waals surface area (Å²) in [5.41, 5.74) is -0.104. The lowest BCUT2D eigenvalue weighted by Gasteiger charge is -2.18. The fourth-order valence-corrected chi connectivity index (χ4v) is 1.95. The van der Waals surface area contributed by atoms with Crippen LogP contribution in [0.5, 0.6) is 0 Å². The SMILES string of the molecule is C=C(/C=C(\C(=C)Cl)C(=O)OC(C)C)NC1(C(=O)NC)CC1. The molecule has 1 aliphatic carbocycles. The third-order valence-electron chi connectivity index (χ3n) is 2.99. The summed E-state index contributed by atoms with van der Waals surface area (Å²) in [6.07, 6.45) is 2.61. The van der Waals surface area contributed by atoms with Crippen molar-refractivity contribution in [1.82, 2.24) is 10.6 Å². The van der Waals surface area contributed by atoms with Crippen molar-refractivity contribution in [3.05, 3.63) is 35.5 Å². The van der Waals surface area contributed by atoms with E-state index < -0.39 is 11.5 Å². The summed E-state index contributed by atoms with van der Waals surface area (Å²) in [4.78, 5) is 23.7. The maximum atomic E-state index is 11.9. The minimum absolute atomic E-state index is 0.0633. The number of amides is 1. The van der Waals surface area contributed by atoms with E-state index in [1.54, 1.807) is 20.9 Å². The molecule has 0 atom stereocenters. The Labute approximate surface area is 130 Å². The zero-order valence-corrected chi connectivity index (χ0v) is 13.3. The molecule has 0 aromatic heterocycles. The van der Waals surface area contributed by atoms with Crippen molar-refractivity contribution in [2.75, 3.05) is 7.05 Å². The van der Waals surface area contributed by atoms with Crippen molar-refractivity contribution in [2.45, 2.75) is 38.3 Å². The number of ether oxygens (including phenoxy) is 1. The Morgan fingerprint density at radius 3 is 2.29 bits per heavy atom.